The van der Waals surface area contributed by atoms with Crippen molar-refractivity contribution in [3.8, 4) is 0 Å². The standard InChI is InChI=1S/C15H23N5O/c16-15(7-1-2-8-15)14(21)20-10-5-12(6-11-20)18-13-4-3-9-17-19-13/h3-4,9,12H,1-2,5-8,10-11,16H2,(H,18,19). The minimum atomic E-state index is -0.592. The molecule has 3 rings (SSSR count). The number of carbonyl (C=O) groups excluding carboxylic acids is 1. The molecule has 6 heteroatoms. The molecule has 0 unspecified atom stereocenters. The highest BCUT2D eigenvalue weighted by molar-refractivity contribution is 5.86. The molecule has 2 heterocycles. The smallest absolute Gasteiger partial charge is 0.242 e. The van der Waals surface area contributed by atoms with E-state index in [1.54, 1.807) is 6.20 Å². The van der Waals surface area contributed by atoms with Gasteiger partial charge in [-0.15, -0.1) is 5.10 Å². The van der Waals surface area contributed by atoms with Crippen LogP contribution in [0.1, 0.15) is 38.5 Å². The van der Waals surface area contributed by atoms with Crippen molar-refractivity contribution >= 4 is 11.7 Å². The predicted octanol–water partition coefficient (Wildman–Crippen LogP) is 1.15. The van der Waals surface area contributed by atoms with E-state index in [0.29, 0.717) is 6.04 Å². The van der Waals surface area contributed by atoms with E-state index in [0.717, 1.165) is 57.4 Å². The van der Waals surface area contributed by atoms with Crippen molar-refractivity contribution in [3.05, 3.63) is 18.3 Å². The van der Waals surface area contributed by atoms with Gasteiger partial charge >= 0.3 is 0 Å². The molecule has 1 aromatic rings. The van der Waals surface area contributed by atoms with Crippen molar-refractivity contribution < 1.29 is 4.79 Å². The van der Waals surface area contributed by atoms with Crippen LogP contribution < -0.4 is 11.1 Å². The number of rotatable bonds is 3. The van der Waals surface area contributed by atoms with Crippen molar-refractivity contribution in [1.82, 2.24) is 15.1 Å². The van der Waals surface area contributed by atoms with E-state index >= 15 is 0 Å². The molecule has 1 saturated carbocycles. The summed E-state index contributed by atoms with van der Waals surface area (Å²) < 4.78 is 0. The Morgan fingerprint density at radius 1 is 1.33 bits per heavy atom. The Hall–Kier alpha value is -1.69. The second-order valence-electron chi connectivity index (χ2n) is 6.18. The second-order valence-corrected chi connectivity index (χ2v) is 6.18. The maximum absolute atomic E-state index is 12.5. The second kappa shape index (κ2) is 5.97. The number of hydrogen-bond acceptors (Lipinski definition) is 5. The molecule has 0 aromatic carbocycles. The van der Waals surface area contributed by atoms with Crippen LogP contribution in [0.15, 0.2) is 18.3 Å². The van der Waals surface area contributed by atoms with E-state index in [-0.39, 0.29) is 5.91 Å². The van der Waals surface area contributed by atoms with Crippen LogP contribution in [0.25, 0.3) is 0 Å². The molecule has 1 saturated heterocycles. The topological polar surface area (TPSA) is 84.1 Å². The van der Waals surface area contributed by atoms with Gasteiger partial charge in [-0.1, -0.05) is 12.8 Å². The first-order valence-corrected chi connectivity index (χ1v) is 7.80. The molecular formula is C15H23N5O. The molecule has 0 bridgehead atoms. The largest absolute Gasteiger partial charge is 0.366 e. The molecule has 3 N–H and O–H groups in total. The molecule has 114 valence electrons. The number of nitrogens with two attached hydrogens (primary N) is 1. The lowest BCUT2D eigenvalue weighted by Gasteiger charge is -2.37. The van der Waals surface area contributed by atoms with E-state index in [4.69, 9.17) is 5.73 Å². The number of anilines is 1. The molecule has 1 aliphatic heterocycles. The van der Waals surface area contributed by atoms with E-state index in [1.807, 2.05) is 17.0 Å². The maximum Gasteiger partial charge on any atom is 0.242 e. The minimum Gasteiger partial charge on any atom is -0.366 e. The Balaban J connectivity index is 1.52. The van der Waals surface area contributed by atoms with Gasteiger partial charge in [0.05, 0.1) is 5.54 Å². The molecule has 2 aliphatic rings. The normalized spacial score (nSPS) is 22.2. The van der Waals surface area contributed by atoms with Gasteiger partial charge in [0.2, 0.25) is 5.91 Å². The van der Waals surface area contributed by atoms with Crippen LogP contribution in [0, 0.1) is 0 Å². The zero-order valence-corrected chi connectivity index (χ0v) is 12.3. The number of amides is 1. The van der Waals surface area contributed by atoms with Gasteiger partial charge in [0.1, 0.15) is 5.82 Å². The molecule has 0 spiro atoms. The Labute approximate surface area is 125 Å². The lowest BCUT2D eigenvalue weighted by Crippen LogP contribution is -2.56. The fourth-order valence-corrected chi connectivity index (χ4v) is 3.35. The maximum atomic E-state index is 12.5. The number of aromatic nitrogens is 2. The van der Waals surface area contributed by atoms with Gasteiger partial charge in [-0.25, -0.2) is 0 Å². The van der Waals surface area contributed by atoms with Crippen LogP contribution in [-0.4, -0.2) is 45.7 Å². The third-order valence-corrected chi connectivity index (χ3v) is 4.63. The number of hydrogen-bond donors (Lipinski definition) is 2. The number of nitrogens with one attached hydrogen (secondary N) is 1. The van der Waals surface area contributed by atoms with E-state index in [1.165, 1.54) is 0 Å². The van der Waals surface area contributed by atoms with Gasteiger partial charge in [0.25, 0.3) is 0 Å². The molecule has 2 fully saturated rings. The first-order valence-electron chi connectivity index (χ1n) is 7.80. The van der Waals surface area contributed by atoms with E-state index in [9.17, 15) is 4.79 Å². The summed E-state index contributed by atoms with van der Waals surface area (Å²) >= 11 is 0. The fraction of sp³-hybridized carbons (Fsp3) is 0.667. The van der Waals surface area contributed by atoms with Gasteiger partial charge in [-0.05, 0) is 37.8 Å². The van der Waals surface area contributed by atoms with Crippen molar-refractivity contribution in [2.75, 3.05) is 18.4 Å². The van der Waals surface area contributed by atoms with Crippen molar-refractivity contribution in [2.24, 2.45) is 5.73 Å². The quantitative estimate of drug-likeness (QED) is 0.872. The van der Waals surface area contributed by atoms with E-state index in [2.05, 4.69) is 15.5 Å². The highest BCUT2D eigenvalue weighted by atomic mass is 16.2. The number of piperidine rings is 1. The molecule has 1 aliphatic carbocycles. The number of carbonyl (C=O) groups is 1. The zero-order chi connectivity index (χ0) is 14.7. The van der Waals surface area contributed by atoms with Gasteiger partial charge in [-0.3, -0.25) is 4.79 Å². The summed E-state index contributed by atoms with van der Waals surface area (Å²) in [5.41, 5.74) is 5.67. The van der Waals surface area contributed by atoms with E-state index < -0.39 is 5.54 Å². The lowest BCUT2D eigenvalue weighted by atomic mass is 9.95. The van der Waals surface area contributed by atoms with Crippen LogP contribution in [0.4, 0.5) is 5.82 Å². The summed E-state index contributed by atoms with van der Waals surface area (Å²) in [4.78, 5) is 14.5. The Kier molecular flexibility index (Phi) is 4.05. The molecule has 1 amide bonds. The molecule has 0 atom stereocenters. The average Bonchev–Trinajstić information content (AvgIpc) is 2.96. The van der Waals surface area contributed by atoms with Gasteiger partial charge in [0.15, 0.2) is 0 Å². The SMILES string of the molecule is NC1(C(=O)N2CCC(Nc3cccnn3)CC2)CCCC1. The first kappa shape index (κ1) is 14.3. The summed E-state index contributed by atoms with van der Waals surface area (Å²) in [7, 11) is 0. The summed E-state index contributed by atoms with van der Waals surface area (Å²) in [6.07, 6.45) is 7.35. The third-order valence-electron chi connectivity index (χ3n) is 4.63. The number of likely N-dealkylation sites (tertiary alicyclic amines) is 1. The van der Waals surface area contributed by atoms with Crippen molar-refractivity contribution in [1.29, 1.82) is 0 Å². The van der Waals surface area contributed by atoms with Gasteiger partial charge in [0, 0.05) is 25.3 Å². The van der Waals surface area contributed by atoms with Crippen LogP contribution >= 0.6 is 0 Å². The summed E-state index contributed by atoms with van der Waals surface area (Å²) in [6, 6.07) is 4.13. The molecule has 1 aromatic heterocycles. The average molecular weight is 289 g/mol. The summed E-state index contributed by atoms with van der Waals surface area (Å²) in [5, 5.41) is 11.3. The molecular weight excluding hydrogens is 266 g/mol. The lowest BCUT2D eigenvalue weighted by molar-refractivity contribution is -0.137. The Morgan fingerprint density at radius 3 is 2.67 bits per heavy atom. The predicted molar refractivity (Wildman–Crippen MR) is 80.6 cm³/mol. The fourth-order valence-electron chi connectivity index (χ4n) is 3.35. The van der Waals surface area contributed by atoms with Crippen molar-refractivity contribution in [3.63, 3.8) is 0 Å². The Bertz CT molecular complexity index is 478. The molecule has 0 radical (unpaired) electrons. The highest BCUT2D eigenvalue weighted by Crippen LogP contribution is 2.30. The van der Waals surface area contributed by atoms with Gasteiger partial charge < -0.3 is 16.0 Å². The monoisotopic (exact) mass is 289 g/mol. The third kappa shape index (κ3) is 3.15. The Morgan fingerprint density at radius 2 is 2.05 bits per heavy atom. The zero-order valence-electron chi connectivity index (χ0n) is 12.3. The highest BCUT2D eigenvalue weighted by Gasteiger charge is 2.40. The number of nitrogens with zero attached hydrogens (tertiary/aromatic N) is 3. The van der Waals surface area contributed by atoms with Crippen molar-refractivity contribution in [2.45, 2.75) is 50.1 Å². The van der Waals surface area contributed by atoms with Gasteiger partial charge in [-0.2, -0.15) is 5.10 Å². The minimum absolute atomic E-state index is 0.151. The first-order chi connectivity index (χ1) is 10.2. The van der Waals surface area contributed by atoms with Crippen LogP contribution in [0.3, 0.4) is 0 Å². The summed E-state index contributed by atoms with van der Waals surface area (Å²) in [6.45, 7) is 1.55. The molecule has 21 heavy (non-hydrogen) atoms. The van der Waals surface area contributed by atoms with Crippen LogP contribution in [0.5, 0.6) is 0 Å². The van der Waals surface area contributed by atoms with Crippen LogP contribution in [-0.2, 0) is 4.79 Å². The molecule has 6 nitrogen and oxygen atoms in total. The van der Waals surface area contributed by atoms with Crippen LogP contribution in [0.2, 0.25) is 0 Å². The summed E-state index contributed by atoms with van der Waals surface area (Å²) in [5.74, 6) is 0.950.